The average molecular weight is 331 g/mol. The van der Waals surface area contributed by atoms with E-state index >= 15 is 0 Å². The second-order valence-corrected chi connectivity index (χ2v) is 5.76. The second kappa shape index (κ2) is 7.01. The summed E-state index contributed by atoms with van der Waals surface area (Å²) in [5.41, 5.74) is 6.37. The van der Waals surface area contributed by atoms with E-state index in [2.05, 4.69) is 15.9 Å². The molecule has 1 amide bonds. The molecule has 0 aliphatic heterocycles. The van der Waals surface area contributed by atoms with Crippen molar-refractivity contribution >= 4 is 21.8 Å². The number of rotatable bonds is 5. The lowest BCUT2D eigenvalue weighted by molar-refractivity contribution is -0.133. The van der Waals surface area contributed by atoms with E-state index in [0.29, 0.717) is 5.56 Å². The topological polar surface area (TPSA) is 46.3 Å². The van der Waals surface area contributed by atoms with Crippen LogP contribution in [-0.4, -0.2) is 23.9 Å². The minimum absolute atomic E-state index is 0.113. The summed E-state index contributed by atoms with van der Waals surface area (Å²) in [6, 6.07) is 4.15. The first-order valence-electron chi connectivity index (χ1n) is 6.31. The summed E-state index contributed by atoms with van der Waals surface area (Å²) in [6.45, 7) is 4.15. The Kier molecular flexibility index (Phi) is 5.94. The van der Waals surface area contributed by atoms with Crippen LogP contribution in [0.15, 0.2) is 22.7 Å². The van der Waals surface area contributed by atoms with Gasteiger partial charge in [0.25, 0.3) is 0 Å². The van der Waals surface area contributed by atoms with Crippen molar-refractivity contribution in [3.63, 3.8) is 0 Å². The maximum Gasteiger partial charge on any atom is 0.239 e. The number of halogens is 2. The van der Waals surface area contributed by atoms with Crippen LogP contribution in [0.5, 0.6) is 0 Å². The second-order valence-electron chi connectivity index (χ2n) is 4.84. The summed E-state index contributed by atoms with van der Waals surface area (Å²) in [4.78, 5) is 13.6. The molecule has 2 N–H and O–H groups in total. The summed E-state index contributed by atoms with van der Waals surface area (Å²) in [5, 5.41) is 0. The largest absolute Gasteiger partial charge is 0.340 e. The molecule has 0 saturated heterocycles. The predicted molar refractivity (Wildman–Crippen MR) is 78.0 cm³/mol. The fraction of sp³-hybridized carbons (Fsp3) is 0.500. The Bertz CT molecular complexity index is 453. The molecule has 0 heterocycles. The standard InChI is InChI=1S/C14H20BrFN2O/c1-4-9(2)13(17)14(19)18(3)8-10-7-11(15)5-6-12(10)16/h5-7,9,13H,4,8,17H2,1-3H3. The molecule has 0 aliphatic rings. The van der Waals surface area contributed by atoms with Crippen LogP contribution in [0.25, 0.3) is 0 Å². The molecule has 0 radical (unpaired) electrons. The Labute approximate surface area is 122 Å². The van der Waals surface area contributed by atoms with Gasteiger partial charge >= 0.3 is 0 Å². The Hall–Kier alpha value is -0.940. The summed E-state index contributed by atoms with van der Waals surface area (Å²) in [7, 11) is 1.64. The van der Waals surface area contributed by atoms with Crippen molar-refractivity contribution in [2.24, 2.45) is 11.7 Å². The van der Waals surface area contributed by atoms with Crippen molar-refractivity contribution in [3.05, 3.63) is 34.1 Å². The van der Waals surface area contributed by atoms with E-state index in [1.807, 2.05) is 13.8 Å². The molecule has 0 fully saturated rings. The van der Waals surface area contributed by atoms with E-state index in [9.17, 15) is 9.18 Å². The van der Waals surface area contributed by atoms with Gasteiger partial charge in [-0.3, -0.25) is 4.79 Å². The van der Waals surface area contributed by atoms with Gasteiger partial charge in [0.15, 0.2) is 0 Å². The number of hydrogen-bond donors (Lipinski definition) is 1. The Morgan fingerprint density at radius 3 is 2.74 bits per heavy atom. The molecule has 1 aromatic carbocycles. The minimum Gasteiger partial charge on any atom is -0.340 e. The molecular weight excluding hydrogens is 311 g/mol. The van der Waals surface area contributed by atoms with Gasteiger partial charge in [-0.25, -0.2) is 4.39 Å². The van der Waals surface area contributed by atoms with E-state index < -0.39 is 6.04 Å². The molecule has 3 nitrogen and oxygen atoms in total. The molecule has 5 heteroatoms. The average Bonchev–Trinajstić information content (AvgIpc) is 2.40. The zero-order valence-corrected chi connectivity index (χ0v) is 13.1. The normalized spacial score (nSPS) is 14.0. The first kappa shape index (κ1) is 16.1. The molecule has 1 aromatic rings. The van der Waals surface area contributed by atoms with Crippen molar-refractivity contribution in [1.29, 1.82) is 0 Å². The number of benzene rings is 1. The predicted octanol–water partition coefficient (Wildman–Crippen LogP) is 2.92. The summed E-state index contributed by atoms with van der Waals surface area (Å²) >= 11 is 3.29. The smallest absolute Gasteiger partial charge is 0.239 e. The fourth-order valence-electron chi connectivity index (χ4n) is 1.75. The number of carbonyl (C=O) groups is 1. The molecule has 2 atom stereocenters. The first-order chi connectivity index (χ1) is 8.86. The van der Waals surface area contributed by atoms with Crippen LogP contribution >= 0.6 is 15.9 Å². The van der Waals surface area contributed by atoms with Crippen molar-refractivity contribution in [2.45, 2.75) is 32.9 Å². The number of nitrogens with zero attached hydrogens (tertiary/aromatic N) is 1. The minimum atomic E-state index is -0.537. The molecule has 0 saturated carbocycles. The zero-order chi connectivity index (χ0) is 14.6. The van der Waals surface area contributed by atoms with E-state index in [4.69, 9.17) is 5.73 Å². The monoisotopic (exact) mass is 330 g/mol. The lowest BCUT2D eigenvalue weighted by atomic mass is 9.99. The highest BCUT2D eigenvalue weighted by atomic mass is 79.9. The third kappa shape index (κ3) is 4.28. The molecule has 106 valence electrons. The van der Waals surface area contributed by atoms with Gasteiger partial charge < -0.3 is 10.6 Å². The van der Waals surface area contributed by atoms with Gasteiger partial charge in [0.05, 0.1) is 6.04 Å². The maximum atomic E-state index is 13.6. The van der Waals surface area contributed by atoms with Crippen molar-refractivity contribution in [1.82, 2.24) is 4.90 Å². The van der Waals surface area contributed by atoms with E-state index in [1.54, 1.807) is 19.2 Å². The van der Waals surface area contributed by atoms with E-state index in [0.717, 1.165) is 10.9 Å². The van der Waals surface area contributed by atoms with Crippen LogP contribution in [0.3, 0.4) is 0 Å². The summed E-state index contributed by atoms with van der Waals surface area (Å²) in [5.74, 6) is -0.365. The van der Waals surface area contributed by atoms with Gasteiger partial charge in [0.1, 0.15) is 5.82 Å². The van der Waals surface area contributed by atoms with Gasteiger partial charge in [-0.05, 0) is 24.1 Å². The van der Waals surface area contributed by atoms with Crippen LogP contribution in [0, 0.1) is 11.7 Å². The van der Waals surface area contributed by atoms with Crippen molar-refractivity contribution in [3.8, 4) is 0 Å². The third-order valence-corrected chi connectivity index (χ3v) is 3.83. The maximum absolute atomic E-state index is 13.6. The highest BCUT2D eigenvalue weighted by Crippen LogP contribution is 2.17. The van der Waals surface area contributed by atoms with Gasteiger partial charge in [0, 0.05) is 23.6 Å². The van der Waals surface area contributed by atoms with Crippen LogP contribution in [-0.2, 0) is 11.3 Å². The van der Waals surface area contributed by atoms with Gasteiger partial charge in [-0.1, -0.05) is 36.2 Å². The van der Waals surface area contributed by atoms with Crippen molar-refractivity contribution in [2.75, 3.05) is 7.05 Å². The summed E-state index contributed by atoms with van der Waals surface area (Å²) in [6.07, 6.45) is 0.839. The lowest BCUT2D eigenvalue weighted by Gasteiger charge is -2.24. The quantitative estimate of drug-likeness (QED) is 0.902. The first-order valence-corrected chi connectivity index (χ1v) is 7.10. The molecule has 2 unspecified atom stereocenters. The van der Waals surface area contributed by atoms with Crippen molar-refractivity contribution < 1.29 is 9.18 Å². The van der Waals surface area contributed by atoms with Gasteiger partial charge in [0.2, 0.25) is 5.91 Å². The fourth-order valence-corrected chi connectivity index (χ4v) is 2.16. The SMILES string of the molecule is CCC(C)C(N)C(=O)N(C)Cc1cc(Br)ccc1F. The number of likely N-dealkylation sites (N-methyl/N-ethyl adjacent to an activating group) is 1. The number of amides is 1. The van der Waals surface area contributed by atoms with Crippen LogP contribution in [0.1, 0.15) is 25.8 Å². The highest BCUT2D eigenvalue weighted by Gasteiger charge is 2.23. The van der Waals surface area contributed by atoms with E-state index in [-0.39, 0.29) is 24.2 Å². The number of nitrogens with two attached hydrogens (primary N) is 1. The van der Waals surface area contributed by atoms with Gasteiger partial charge in [-0.15, -0.1) is 0 Å². The zero-order valence-electron chi connectivity index (χ0n) is 11.5. The van der Waals surface area contributed by atoms with Crippen LogP contribution in [0.2, 0.25) is 0 Å². The molecule has 19 heavy (non-hydrogen) atoms. The highest BCUT2D eigenvalue weighted by molar-refractivity contribution is 9.10. The van der Waals surface area contributed by atoms with E-state index in [1.165, 1.54) is 11.0 Å². The molecule has 0 spiro atoms. The molecule has 0 bridgehead atoms. The molecule has 0 aromatic heterocycles. The van der Waals surface area contributed by atoms with Gasteiger partial charge in [-0.2, -0.15) is 0 Å². The van der Waals surface area contributed by atoms with Crippen LogP contribution < -0.4 is 5.73 Å². The Morgan fingerprint density at radius 1 is 1.53 bits per heavy atom. The third-order valence-electron chi connectivity index (χ3n) is 3.33. The number of carbonyl (C=O) groups excluding carboxylic acids is 1. The molecular formula is C14H20BrFN2O. The Balaban J connectivity index is 2.76. The Morgan fingerprint density at radius 2 is 2.16 bits per heavy atom. The number of hydrogen-bond acceptors (Lipinski definition) is 2. The summed E-state index contributed by atoms with van der Waals surface area (Å²) < 4.78 is 14.4. The molecule has 0 aliphatic carbocycles. The van der Waals surface area contributed by atoms with Crippen LogP contribution in [0.4, 0.5) is 4.39 Å². The molecule has 1 rings (SSSR count). The lowest BCUT2D eigenvalue weighted by Crippen LogP contribution is -2.45.